The molecule has 0 saturated carbocycles. The van der Waals surface area contributed by atoms with Crippen molar-refractivity contribution in [1.29, 1.82) is 5.26 Å². The molecule has 5 heteroatoms. The Morgan fingerprint density at radius 2 is 2.47 bits per heavy atom. The van der Waals surface area contributed by atoms with E-state index < -0.39 is 0 Å². The van der Waals surface area contributed by atoms with E-state index in [4.69, 9.17) is 5.26 Å². The molecule has 0 aliphatic rings. The maximum atomic E-state index is 8.89. The summed E-state index contributed by atoms with van der Waals surface area (Å²) in [5.74, 6) is 0. The molecule has 2 heterocycles. The van der Waals surface area contributed by atoms with Gasteiger partial charge in [0.1, 0.15) is 24.5 Å². The van der Waals surface area contributed by atoms with Crippen molar-refractivity contribution in [3.63, 3.8) is 0 Å². The van der Waals surface area contributed by atoms with Gasteiger partial charge in [0.15, 0.2) is 0 Å². The number of hydrogen-bond donors (Lipinski definition) is 0. The van der Waals surface area contributed by atoms with E-state index in [-0.39, 0.29) is 5.71 Å². The topological polar surface area (TPSA) is 62.7 Å². The van der Waals surface area contributed by atoms with E-state index in [9.17, 15) is 0 Å². The van der Waals surface area contributed by atoms with Crippen LogP contribution in [0, 0.1) is 11.3 Å². The summed E-state index contributed by atoms with van der Waals surface area (Å²) in [6.07, 6.45) is 3.41. The van der Waals surface area contributed by atoms with E-state index in [1.54, 1.807) is 10.6 Å². The van der Waals surface area contributed by atoms with Crippen molar-refractivity contribution in [1.82, 2.24) is 9.38 Å². The zero-order valence-electron chi connectivity index (χ0n) is 8.08. The summed E-state index contributed by atoms with van der Waals surface area (Å²) < 4.78 is 1.78. The van der Waals surface area contributed by atoms with E-state index in [0.717, 1.165) is 5.65 Å². The van der Waals surface area contributed by atoms with Gasteiger partial charge in [-0.2, -0.15) is 5.26 Å². The number of oxime groups is 1. The Bertz CT molecular complexity index is 550. The normalized spacial score (nSPS) is 11.3. The smallest absolute Gasteiger partial charge is 0.205 e. The fourth-order valence-electron chi connectivity index (χ4n) is 1.32. The highest BCUT2D eigenvalue weighted by atomic mass is 16.6. The maximum absolute atomic E-state index is 8.89. The molecule has 5 nitrogen and oxygen atoms in total. The van der Waals surface area contributed by atoms with Gasteiger partial charge in [0.25, 0.3) is 0 Å². The van der Waals surface area contributed by atoms with Gasteiger partial charge in [0.2, 0.25) is 5.71 Å². The van der Waals surface area contributed by atoms with Gasteiger partial charge in [-0.15, -0.1) is 0 Å². The van der Waals surface area contributed by atoms with Crippen LogP contribution in [0.2, 0.25) is 0 Å². The summed E-state index contributed by atoms with van der Waals surface area (Å²) in [6.45, 7) is 0. The zero-order chi connectivity index (χ0) is 10.7. The monoisotopic (exact) mass is 200 g/mol. The summed E-state index contributed by atoms with van der Waals surface area (Å²) in [7, 11) is 1.40. The van der Waals surface area contributed by atoms with Crippen LogP contribution in [0.5, 0.6) is 0 Å². The molecule has 0 fully saturated rings. The molecule has 0 aliphatic heterocycles. The molecule has 2 aromatic rings. The van der Waals surface area contributed by atoms with Crippen LogP contribution in [0.4, 0.5) is 0 Å². The first-order chi connectivity index (χ1) is 7.36. The van der Waals surface area contributed by atoms with Crippen molar-refractivity contribution in [2.45, 2.75) is 0 Å². The zero-order valence-corrected chi connectivity index (χ0v) is 8.08. The first-order valence-electron chi connectivity index (χ1n) is 4.30. The van der Waals surface area contributed by atoms with Crippen LogP contribution < -0.4 is 0 Å². The molecule has 0 unspecified atom stereocenters. The fourth-order valence-corrected chi connectivity index (χ4v) is 1.32. The largest absolute Gasteiger partial charge is 0.398 e. The lowest BCUT2D eigenvalue weighted by Gasteiger charge is -1.97. The number of nitriles is 1. The standard InChI is InChI=1S/C10H8N4O/c1-15-13-8(6-11)9-7-12-10-4-2-3-5-14(9)10/h2-5,7H,1H3. The molecule has 0 bridgehead atoms. The van der Waals surface area contributed by atoms with Crippen molar-refractivity contribution < 1.29 is 4.84 Å². The fraction of sp³-hybridized carbons (Fsp3) is 0.100. The molecule has 0 aromatic carbocycles. The highest BCUT2D eigenvalue weighted by molar-refractivity contribution is 6.10. The van der Waals surface area contributed by atoms with E-state index in [1.807, 2.05) is 30.5 Å². The Kier molecular flexibility index (Phi) is 2.33. The van der Waals surface area contributed by atoms with Gasteiger partial charge in [-0.3, -0.25) is 4.40 Å². The van der Waals surface area contributed by atoms with Crippen molar-refractivity contribution >= 4 is 11.4 Å². The van der Waals surface area contributed by atoms with Gasteiger partial charge in [-0.1, -0.05) is 11.2 Å². The Labute approximate surface area is 86.2 Å². The van der Waals surface area contributed by atoms with Gasteiger partial charge in [-0.25, -0.2) is 4.98 Å². The Morgan fingerprint density at radius 3 is 3.20 bits per heavy atom. The second-order valence-corrected chi connectivity index (χ2v) is 2.81. The lowest BCUT2D eigenvalue weighted by Crippen LogP contribution is -2.02. The van der Waals surface area contributed by atoms with Crippen LogP contribution in [0.15, 0.2) is 35.7 Å². The van der Waals surface area contributed by atoms with Crippen molar-refractivity contribution in [3.8, 4) is 6.07 Å². The summed E-state index contributed by atoms with van der Waals surface area (Å²) in [5.41, 5.74) is 1.60. The molecule has 0 atom stereocenters. The number of pyridine rings is 1. The molecule has 0 amide bonds. The number of imidazole rings is 1. The summed E-state index contributed by atoms with van der Waals surface area (Å²) >= 11 is 0. The Hall–Kier alpha value is -2.35. The number of rotatable bonds is 2. The third-order valence-electron chi connectivity index (χ3n) is 1.95. The third-order valence-corrected chi connectivity index (χ3v) is 1.95. The van der Waals surface area contributed by atoms with Crippen LogP contribution in [-0.2, 0) is 4.84 Å². The Balaban J connectivity index is 2.62. The van der Waals surface area contributed by atoms with Crippen molar-refractivity contribution in [2.24, 2.45) is 5.16 Å². The minimum absolute atomic E-state index is 0.205. The van der Waals surface area contributed by atoms with Gasteiger partial charge >= 0.3 is 0 Å². The van der Waals surface area contributed by atoms with E-state index in [0.29, 0.717) is 5.69 Å². The highest BCUT2D eigenvalue weighted by Gasteiger charge is 2.09. The summed E-state index contributed by atoms with van der Waals surface area (Å²) in [6, 6.07) is 7.56. The molecular formula is C10H8N4O. The molecule has 0 N–H and O–H groups in total. The lowest BCUT2D eigenvalue weighted by atomic mass is 10.3. The minimum atomic E-state index is 0.205. The average molecular weight is 200 g/mol. The third kappa shape index (κ3) is 1.53. The van der Waals surface area contributed by atoms with Gasteiger partial charge < -0.3 is 4.84 Å². The molecule has 0 aliphatic carbocycles. The molecule has 2 aromatic heterocycles. The molecule has 0 saturated heterocycles. The van der Waals surface area contributed by atoms with Gasteiger partial charge in [0.05, 0.1) is 6.20 Å². The minimum Gasteiger partial charge on any atom is -0.398 e. The van der Waals surface area contributed by atoms with Gasteiger partial charge in [0, 0.05) is 6.20 Å². The highest BCUT2D eigenvalue weighted by Crippen LogP contribution is 2.07. The van der Waals surface area contributed by atoms with Crippen LogP contribution in [0.25, 0.3) is 5.65 Å². The number of hydrogen-bond acceptors (Lipinski definition) is 4. The van der Waals surface area contributed by atoms with Crippen LogP contribution in [-0.4, -0.2) is 22.2 Å². The number of aromatic nitrogens is 2. The number of fused-ring (bicyclic) bond motifs is 1. The Morgan fingerprint density at radius 1 is 1.60 bits per heavy atom. The lowest BCUT2D eigenvalue weighted by molar-refractivity contribution is 0.214. The van der Waals surface area contributed by atoms with Crippen LogP contribution in [0.1, 0.15) is 5.69 Å². The second kappa shape index (κ2) is 3.80. The second-order valence-electron chi connectivity index (χ2n) is 2.81. The van der Waals surface area contributed by atoms with E-state index in [2.05, 4.69) is 15.0 Å². The molecule has 0 radical (unpaired) electrons. The average Bonchev–Trinajstić information content (AvgIpc) is 2.70. The quantitative estimate of drug-likeness (QED) is 0.540. The maximum Gasteiger partial charge on any atom is 0.205 e. The van der Waals surface area contributed by atoms with E-state index >= 15 is 0 Å². The van der Waals surface area contributed by atoms with Crippen LogP contribution in [0.3, 0.4) is 0 Å². The van der Waals surface area contributed by atoms with Crippen LogP contribution >= 0.6 is 0 Å². The summed E-state index contributed by atoms with van der Waals surface area (Å²) in [5, 5.41) is 12.5. The predicted molar refractivity (Wildman–Crippen MR) is 54.4 cm³/mol. The SMILES string of the molecule is CON=C(C#N)c1cnc2ccccn12. The summed E-state index contributed by atoms with van der Waals surface area (Å²) in [4.78, 5) is 8.74. The molecule has 74 valence electrons. The molecule has 0 spiro atoms. The first-order valence-corrected chi connectivity index (χ1v) is 4.30. The first kappa shape index (κ1) is 9.21. The van der Waals surface area contributed by atoms with E-state index in [1.165, 1.54) is 7.11 Å². The molecule has 2 rings (SSSR count). The predicted octanol–water partition coefficient (Wildman–Crippen LogP) is 1.21. The van der Waals surface area contributed by atoms with Gasteiger partial charge in [-0.05, 0) is 12.1 Å². The van der Waals surface area contributed by atoms with Crippen molar-refractivity contribution in [3.05, 3.63) is 36.3 Å². The molecule has 15 heavy (non-hydrogen) atoms. The number of nitrogens with zero attached hydrogens (tertiary/aromatic N) is 4. The molecular weight excluding hydrogens is 192 g/mol. The van der Waals surface area contributed by atoms with Crippen molar-refractivity contribution in [2.75, 3.05) is 7.11 Å².